The van der Waals surface area contributed by atoms with E-state index in [2.05, 4.69) is 73.0 Å². The number of carbonyl (C=O) groups is 1. The van der Waals surface area contributed by atoms with E-state index in [0.717, 1.165) is 48.1 Å². The van der Waals surface area contributed by atoms with Crippen molar-refractivity contribution >= 4 is 28.7 Å². The number of anilines is 1. The van der Waals surface area contributed by atoms with Crippen LogP contribution in [0, 0.1) is 0 Å². The molecular weight excluding hydrogens is 508 g/mol. The van der Waals surface area contributed by atoms with Gasteiger partial charge in [0.15, 0.2) is 5.65 Å². The van der Waals surface area contributed by atoms with E-state index in [0.29, 0.717) is 23.4 Å². The first kappa shape index (κ1) is 27.2. The SMILES string of the molecule is CCN(CC)C(C)CNC(=O)c1cc(-c2cnn3ccc(-c4cccs4)nc23)nc(N2CC(C)(N(C)C)C2)c1. The highest BCUT2D eigenvalue weighted by Gasteiger charge is 2.41. The Morgan fingerprint density at radius 3 is 2.59 bits per heavy atom. The van der Waals surface area contributed by atoms with Crippen molar-refractivity contribution in [2.24, 2.45) is 0 Å². The molecule has 1 saturated heterocycles. The van der Waals surface area contributed by atoms with Crippen molar-refractivity contribution < 1.29 is 4.79 Å². The van der Waals surface area contributed by atoms with Crippen molar-refractivity contribution in [1.82, 2.24) is 34.7 Å². The number of amides is 1. The second-order valence-corrected chi connectivity index (χ2v) is 11.7. The van der Waals surface area contributed by atoms with Gasteiger partial charge in [0.05, 0.1) is 33.6 Å². The third-order valence-corrected chi connectivity index (χ3v) is 8.85. The molecule has 0 aromatic carbocycles. The largest absolute Gasteiger partial charge is 0.353 e. The number of carbonyl (C=O) groups excluding carboxylic acids is 1. The van der Waals surface area contributed by atoms with Gasteiger partial charge in [0, 0.05) is 37.4 Å². The Hall–Kier alpha value is -3.34. The van der Waals surface area contributed by atoms with Gasteiger partial charge in [0.1, 0.15) is 5.82 Å². The van der Waals surface area contributed by atoms with Crippen LogP contribution in [-0.2, 0) is 0 Å². The maximum atomic E-state index is 13.4. The molecule has 1 atom stereocenters. The Balaban J connectivity index is 1.50. The number of fused-ring (bicyclic) bond motifs is 1. The van der Waals surface area contributed by atoms with Gasteiger partial charge in [-0.3, -0.25) is 9.69 Å². The average molecular weight is 547 g/mol. The lowest BCUT2D eigenvalue weighted by molar-refractivity contribution is 0.0938. The number of likely N-dealkylation sites (N-methyl/N-ethyl adjacent to an activating group) is 2. The number of nitrogens with one attached hydrogen (secondary N) is 1. The van der Waals surface area contributed by atoms with Crippen LogP contribution in [0.15, 0.2) is 48.1 Å². The predicted octanol–water partition coefficient (Wildman–Crippen LogP) is 4.12. The second-order valence-electron chi connectivity index (χ2n) is 10.7. The molecular formula is C29H38N8OS. The van der Waals surface area contributed by atoms with Gasteiger partial charge in [-0.25, -0.2) is 14.5 Å². The number of hydrogen-bond acceptors (Lipinski definition) is 8. The first-order chi connectivity index (χ1) is 18.7. The van der Waals surface area contributed by atoms with Gasteiger partial charge in [-0.1, -0.05) is 19.9 Å². The van der Waals surface area contributed by atoms with E-state index in [1.54, 1.807) is 22.0 Å². The molecule has 0 saturated carbocycles. The van der Waals surface area contributed by atoms with Crippen LogP contribution in [-0.4, -0.2) is 93.7 Å². The molecule has 0 radical (unpaired) electrons. The zero-order chi connectivity index (χ0) is 27.7. The Bertz CT molecular complexity index is 1440. The molecule has 4 aromatic rings. The minimum Gasteiger partial charge on any atom is -0.353 e. The third kappa shape index (κ3) is 5.41. The molecule has 1 N–H and O–H groups in total. The first-order valence-electron chi connectivity index (χ1n) is 13.6. The van der Waals surface area contributed by atoms with Crippen molar-refractivity contribution in [2.75, 3.05) is 51.7 Å². The number of rotatable bonds is 10. The topological polar surface area (TPSA) is 81.9 Å². The molecule has 1 unspecified atom stereocenters. The Morgan fingerprint density at radius 2 is 1.92 bits per heavy atom. The predicted molar refractivity (Wildman–Crippen MR) is 159 cm³/mol. The summed E-state index contributed by atoms with van der Waals surface area (Å²) in [7, 11) is 4.21. The Morgan fingerprint density at radius 1 is 1.15 bits per heavy atom. The summed E-state index contributed by atoms with van der Waals surface area (Å²) in [5.41, 5.74) is 3.77. The summed E-state index contributed by atoms with van der Waals surface area (Å²) in [6, 6.07) is 10.1. The summed E-state index contributed by atoms with van der Waals surface area (Å²) in [4.78, 5) is 31.3. The number of nitrogens with zero attached hydrogens (tertiary/aromatic N) is 7. The molecule has 10 heteroatoms. The summed E-state index contributed by atoms with van der Waals surface area (Å²) in [5.74, 6) is 0.695. The van der Waals surface area contributed by atoms with Gasteiger partial charge in [-0.15, -0.1) is 11.3 Å². The molecule has 4 aromatic heterocycles. The average Bonchev–Trinajstić information content (AvgIpc) is 3.60. The lowest BCUT2D eigenvalue weighted by atomic mass is 9.90. The van der Waals surface area contributed by atoms with E-state index in [1.807, 2.05) is 35.8 Å². The number of thiophene rings is 1. The van der Waals surface area contributed by atoms with Crippen LogP contribution in [0.3, 0.4) is 0 Å². The number of aromatic nitrogens is 4. The van der Waals surface area contributed by atoms with Crippen LogP contribution in [0.2, 0.25) is 0 Å². The first-order valence-corrected chi connectivity index (χ1v) is 14.5. The van der Waals surface area contributed by atoms with Crippen LogP contribution in [0.4, 0.5) is 5.82 Å². The maximum absolute atomic E-state index is 13.4. The quantitative estimate of drug-likeness (QED) is 0.320. The van der Waals surface area contributed by atoms with E-state index in [-0.39, 0.29) is 17.5 Å². The molecule has 0 bridgehead atoms. The van der Waals surface area contributed by atoms with Gasteiger partial charge in [0.25, 0.3) is 5.91 Å². The highest BCUT2D eigenvalue weighted by molar-refractivity contribution is 7.13. The summed E-state index contributed by atoms with van der Waals surface area (Å²) in [5, 5.41) is 9.73. The van der Waals surface area contributed by atoms with Crippen molar-refractivity contribution in [2.45, 2.75) is 39.3 Å². The van der Waals surface area contributed by atoms with Crippen LogP contribution >= 0.6 is 11.3 Å². The molecule has 0 aliphatic carbocycles. The molecule has 9 nitrogen and oxygen atoms in total. The summed E-state index contributed by atoms with van der Waals surface area (Å²) >= 11 is 1.65. The third-order valence-electron chi connectivity index (χ3n) is 7.95. The highest BCUT2D eigenvalue weighted by Crippen LogP contribution is 2.33. The van der Waals surface area contributed by atoms with E-state index in [9.17, 15) is 4.79 Å². The van der Waals surface area contributed by atoms with Crippen LogP contribution in [0.5, 0.6) is 0 Å². The maximum Gasteiger partial charge on any atom is 0.251 e. The lowest BCUT2D eigenvalue weighted by Gasteiger charge is -2.52. The molecule has 1 aliphatic heterocycles. The molecule has 1 fully saturated rings. The Kier molecular flexibility index (Phi) is 7.70. The van der Waals surface area contributed by atoms with E-state index >= 15 is 0 Å². The summed E-state index contributed by atoms with van der Waals surface area (Å²) in [6.45, 7) is 12.8. The van der Waals surface area contributed by atoms with Gasteiger partial charge in [0.2, 0.25) is 0 Å². The molecule has 5 rings (SSSR count). The fourth-order valence-corrected chi connectivity index (χ4v) is 5.79. The second kappa shape index (κ2) is 11.0. The molecule has 206 valence electrons. The van der Waals surface area contributed by atoms with Crippen molar-refractivity contribution in [1.29, 1.82) is 0 Å². The molecule has 5 heterocycles. The van der Waals surface area contributed by atoms with Gasteiger partial charge < -0.3 is 15.1 Å². The smallest absolute Gasteiger partial charge is 0.251 e. The van der Waals surface area contributed by atoms with Crippen molar-refractivity contribution in [3.8, 4) is 21.8 Å². The number of pyridine rings is 1. The van der Waals surface area contributed by atoms with Crippen molar-refractivity contribution in [3.05, 3.63) is 53.7 Å². The zero-order valence-corrected chi connectivity index (χ0v) is 24.5. The zero-order valence-electron chi connectivity index (χ0n) is 23.7. The molecule has 0 spiro atoms. The van der Waals surface area contributed by atoms with E-state index in [1.165, 1.54) is 0 Å². The van der Waals surface area contributed by atoms with Crippen LogP contribution in [0.25, 0.3) is 27.5 Å². The van der Waals surface area contributed by atoms with Gasteiger partial charge in [-0.05, 0) is 70.7 Å². The Labute approximate surface area is 234 Å². The van der Waals surface area contributed by atoms with E-state index < -0.39 is 0 Å². The highest BCUT2D eigenvalue weighted by atomic mass is 32.1. The minimum atomic E-state index is -0.0986. The lowest BCUT2D eigenvalue weighted by Crippen LogP contribution is -2.67. The standard InChI is InChI=1S/C29H38N8OS/c1-7-35(8-2)20(3)16-30-28(38)21-14-24(32-26(15-21)36-18-29(4,19-36)34(5)6)22-17-31-37-12-11-23(33-27(22)37)25-10-9-13-39-25/h9-15,17,20H,7-8,16,18-19H2,1-6H3,(H,30,38). The van der Waals surface area contributed by atoms with Crippen LogP contribution < -0.4 is 10.2 Å². The van der Waals surface area contributed by atoms with Gasteiger partial charge >= 0.3 is 0 Å². The van der Waals surface area contributed by atoms with Crippen molar-refractivity contribution in [3.63, 3.8) is 0 Å². The van der Waals surface area contributed by atoms with Gasteiger partial charge in [-0.2, -0.15) is 5.10 Å². The normalized spacial score (nSPS) is 15.6. The van der Waals surface area contributed by atoms with Crippen LogP contribution in [0.1, 0.15) is 38.1 Å². The number of hydrogen-bond donors (Lipinski definition) is 1. The molecule has 39 heavy (non-hydrogen) atoms. The fourth-order valence-electron chi connectivity index (χ4n) is 5.10. The fraction of sp³-hybridized carbons (Fsp3) is 0.448. The minimum absolute atomic E-state index is 0.0703. The molecule has 1 amide bonds. The molecule has 1 aliphatic rings. The summed E-state index contributed by atoms with van der Waals surface area (Å²) < 4.78 is 1.76. The monoisotopic (exact) mass is 546 g/mol. The summed E-state index contributed by atoms with van der Waals surface area (Å²) in [6.07, 6.45) is 3.71. The van der Waals surface area contributed by atoms with E-state index in [4.69, 9.17) is 9.97 Å².